The molecule has 0 radical (unpaired) electrons. The van der Waals surface area contributed by atoms with Gasteiger partial charge >= 0.3 is 0 Å². The summed E-state index contributed by atoms with van der Waals surface area (Å²) in [6.07, 6.45) is 2.58. The Morgan fingerprint density at radius 2 is 1.84 bits per heavy atom. The normalized spacial score (nSPS) is 13.0. The molecule has 2 aromatic carbocycles. The van der Waals surface area contributed by atoms with Crippen LogP contribution < -0.4 is 19.7 Å². The Morgan fingerprint density at radius 1 is 1.12 bits per heavy atom. The first-order valence-corrected chi connectivity index (χ1v) is 11.1. The molecule has 1 N–H and O–H groups in total. The molecule has 0 saturated carbocycles. The number of nitrogens with zero attached hydrogens (tertiary/aromatic N) is 3. The van der Waals surface area contributed by atoms with Gasteiger partial charge < -0.3 is 19.7 Å². The lowest BCUT2D eigenvalue weighted by Gasteiger charge is -2.27. The first-order chi connectivity index (χ1) is 15.5. The van der Waals surface area contributed by atoms with Crippen LogP contribution in [0.1, 0.15) is 37.6 Å². The van der Waals surface area contributed by atoms with E-state index in [1.165, 1.54) is 0 Å². The van der Waals surface area contributed by atoms with Gasteiger partial charge in [-0.1, -0.05) is 0 Å². The summed E-state index contributed by atoms with van der Waals surface area (Å²) in [5, 5.41) is 7.54. The number of aromatic nitrogens is 2. The van der Waals surface area contributed by atoms with Gasteiger partial charge in [-0.25, -0.2) is 0 Å². The Hall–Kier alpha value is -3.48. The van der Waals surface area contributed by atoms with E-state index in [9.17, 15) is 4.79 Å². The number of carbonyl (C=O) groups is 1. The molecule has 7 heteroatoms. The monoisotopic (exact) mass is 434 g/mol. The van der Waals surface area contributed by atoms with Gasteiger partial charge in [0.25, 0.3) is 5.91 Å². The van der Waals surface area contributed by atoms with E-state index in [4.69, 9.17) is 9.47 Å². The molecule has 1 aromatic heterocycles. The molecule has 0 saturated heterocycles. The van der Waals surface area contributed by atoms with Crippen molar-refractivity contribution in [3.05, 3.63) is 54.2 Å². The molecular formula is C25H30N4O3. The lowest BCUT2D eigenvalue weighted by Crippen LogP contribution is -2.30. The fourth-order valence-electron chi connectivity index (χ4n) is 3.96. The molecule has 0 aliphatic carbocycles. The molecule has 3 aromatic rings. The molecule has 0 unspecified atom stereocenters. The first kappa shape index (κ1) is 21.7. The number of anilines is 2. The van der Waals surface area contributed by atoms with Gasteiger partial charge in [0.1, 0.15) is 5.69 Å². The number of benzene rings is 2. The quantitative estimate of drug-likeness (QED) is 0.607. The molecule has 1 amide bonds. The highest BCUT2D eigenvalue weighted by Gasteiger charge is 2.20. The molecule has 0 bridgehead atoms. The summed E-state index contributed by atoms with van der Waals surface area (Å²) in [6, 6.07) is 14.0. The number of nitrogens with one attached hydrogen (secondary N) is 1. The third kappa shape index (κ3) is 4.56. The van der Waals surface area contributed by atoms with Gasteiger partial charge in [-0.3, -0.25) is 9.48 Å². The van der Waals surface area contributed by atoms with E-state index in [-0.39, 0.29) is 5.91 Å². The van der Waals surface area contributed by atoms with Crippen LogP contribution in [0.4, 0.5) is 11.4 Å². The third-order valence-corrected chi connectivity index (χ3v) is 5.52. The van der Waals surface area contributed by atoms with Gasteiger partial charge in [-0.2, -0.15) is 5.10 Å². The van der Waals surface area contributed by atoms with E-state index < -0.39 is 0 Å². The molecule has 0 spiro atoms. The van der Waals surface area contributed by atoms with Crippen LogP contribution in [-0.4, -0.2) is 41.5 Å². The molecule has 0 atom stereocenters. The minimum absolute atomic E-state index is 0.204. The lowest BCUT2D eigenvalue weighted by molar-refractivity contribution is 0.102. The van der Waals surface area contributed by atoms with Crippen molar-refractivity contribution in [2.24, 2.45) is 7.05 Å². The van der Waals surface area contributed by atoms with E-state index in [1.54, 1.807) is 10.9 Å². The van der Waals surface area contributed by atoms with E-state index in [0.29, 0.717) is 36.3 Å². The second kappa shape index (κ2) is 9.34. The maximum Gasteiger partial charge on any atom is 0.259 e. The molecule has 168 valence electrons. The number of rotatable bonds is 6. The molecule has 32 heavy (non-hydrogen) atoms. The molecule has 1 aliphatic rings. The smallest absolute Gasteiger partial charge is 0.259 e. The van der Waals surface area contributed by atoms with Crippen LogP contribution >= 0.6 is 0 Å². The number of fused-ring (bicyclic) bond motifs is 1. The molecule has 7 nitrogen and oxygen atoms in total. The van der Waals surface area contributed by atoms with Crippen molar-refractivity contribution in [3.63, 3.8) is 0 Å². The van der Waals surface area contributed by atoms with Gasteiger partial charge in [0, 0.05) is 49.2 Å². The number of ether oxygens (including phenoxy) is 2. The highest BCUT2D eigenvalue weighted by molar-refractivity contribution is 6.08. The lowest BCUT2D eigenvalue weighted by atomic mass is 10.1. The van der Waals surface area contributed by atoms with Crippen molar-refractivity contribution in [1.29, 1.82) is 0 Å². The highest BCUT2D eigenvalue weighted by Crippen LogP contribution is 2.35. The Balaban J connectivity index is 1.56. The average molecular weight is 435 g/mol. The SMILES string of the molecule is CCN(c1ccc(NC(=O)c2cn(C)nc2-c2ccc3c(c2)OCCCO3)cc1)C(C)C. The van der Waals surface area contributed by atoms with Crippen molar-refractivity contribution in [2.75, 3.05) is 30.0 Å². The Bertz CT molecular complexity index is 1090. The Morgan fingerprint density at radius 3 is 2.53 bits per heavy atom. The van der Waals surface area contributed by atoms with Gasteiger partial charge in [0.05, 0.1) is 18.8 Å². The highest BCUT2D eigenvalue weighted by atomic mass is 16.5. The summed E-state index contributed by atoms with van der Waals surface area (Å²) in [5.74, 6) is 1.19. The first-order valence-electron chi connectivity index (χ1n) is 11.1. The summed E-state index contributed by atoms with van der Waals surface area (Å²) >= 11 is 0. The predicted molar refractivity (Wildman–Crippen MR) is 127 cm³/mol. The van der Waals surface area contributed by atoms with E-state index in [2.05, 4.69) is 36.1 Å². The summed E-state index contributed by atoms with van der Waals surface area (Å²) < 4.78 is 13.2. The van der Waals surface area contributed by atoms with E-state index >= 15 is 0 Å². The maximum atomic E-state index is 13.1. The van der Waals surface area contributed by atoms with Gasteiger partial charge in [0.2, 0.25) is 0 Å². The zero-order chi connectivity index (χ0) is 22.7. The summed E-state index contributed by atoms with van der Waals surface area (Å²) in [7, 11) is 1.81. The van der Waals surface area contributed by atoms with Crippen molar-refractivity contribution in [2.45, 2.75) is 33.2 Å². The summed E-state index contributed by atoms with van der Waals surface area (Å²) in [5.41, 5.74) is 3.80. The summed E-state index contributed by atoms with van der Waals surface area (Å²) in [6.45, 7) is 8.65. The van der Waals surface area contributed by atoms with E-state index in [0.717, 1.165) is 35.7 Å². The fourth-order valence-corrected chi connectivity index (χ4v) is 3.96. The minimum atomic E-state index is -0.204. The number of hydrogen-bond acceptors (Lipinski definition) is 5. The van der Waals surface area contributed by atoms with Crippen LogP contribution in [0, 0.1) is 0 Å². The molecular weight excluding hydrogens is 404 g/mol. The van der Waals surface area contributed by atoms with Crippen molar-refractivity contribution in [3.8, 4) is 22.8 Å². The zero-order valence-corrected chi connectivity index (χ0v) is 19.1. The van der Waals surface area contributed by atoms with Crippen LogP contribution in [0.3, 0.4) is 0 Å². The second-order valence-electron chi connectivity index (χ2n) is 8.16. The van der Waals surface area contributed by atoms with Crippen LogP contribution in [0.15, 0.2) is 48.7 Å². The molecule has 2 heterocycles. The predicted octanol–water partition coefficient (Wildman–Crippen LogP) is 4.74. The zero-order valence-electron chi connectivity index (χ0n) is 19.1. The number of carbonyl (C=O) groups excluding carboxylic acids is 1. The van der Waals surface area contributed by atoms with Gasteiger partial charge in [-0.15, -0.1) is 0 Å². The number of amides is 1. The Labute approximate surface area is 188 Å². The van der Waals surface area contributed by atoms with Crippen molar-refractivity contribution < 1.29 is 14.3 Å². The average Bonchev–Trinajstić information content (AvgIpc) is 3.02. The minimum Gasteiger partial charge on any atom is -0.490 e. The number of hydrogen-bond donors (Lipinski definition) is 1. The van der Waals surface area contributed by atoms with Crippen LogP contribution in [-0.2, 0) is 7.05 Å². The van der Waals surface area contributed by atoms with Crippen molar-refractivity contribution in [1.82, 2.24) is 9.78 Å². The summed E-state index contributed by atoms with van der Waals surface area (Å²) in [4.78, 5) is 15.4. The largest absolute Gasteiger partial charge is 0.490 e. The van der Waals surface area contributed by atoms with Crippen LogP contribution in [0.25, 0.3) is 11.3 Å². The number of aryl methyl sites for hydroxylation is 1. The molecule has 1 aliphatic heterocycles. The Kier molecular flexibility index (Phi) is 6.35. The second-order valence-corrected chi connectivity index (χ2v) is 8.16. The van der Waals surface area contributed by atoms with Gasteiger partial charge in [-0.05, 0) is 63.2 Å². The topological polar surface area (TPSA) is 68.6 Å². The van der Waals surface area contributed by atoms with Crippen molar-refractivity contribution >= 4 is 17.3 Å². The van der Waals surface area contributed by atoms with Crippen LogP contribution in [0.2, 0.25) is 0 Å². The standard InChI is InChI=1S/C25H30N4O3/c1-5-29(17(2)3)20-10-8-19(9-11-20)26-25(30)21-16-28(4)27-24(21)18-7-12-22-23(15-18)32-14-6-13-31-22/h7-12,15-17H,5-6,13-14H2,1-4H3,(H,26,30). The van der Waals surface area contributed by atoms with Crippen LogP contribution in [0.5, 0.6) is 11.5 Å². The maximum absolute atomic E-state index is 13.1. The molecule has 0 fully saturated rings. The fraction of sp³-hybridized carbons (Fsp3) is 0.360. The third-order valence-electron chi connectivity index (χ3n) is 5.52. The molecule has 4 rings (SSSR count). The van der Waals surface area contributed by atoms with Gasteiger partial charge in [0.15, 0.2) is 11.5 Å². The van der Waals surface area contributed by atoms with E-state index in [1.807, 2.05) is 49.5 Å².